The first-order chi connectivity index (χ1) is 11.1. The maximum Gasteiger partial charge on any atom is 0.264 e. The molecule has 2 rings (SSSR count). The Morgan fingerprint density at radius 2 is 2.00 bits per heavy atom. The standard InChI is InChI=1S/C18H22N2O3/c1-14(2)13-23-17-5-3-15(4-6-17)11-16(12-19)18(21)20-7-9-22-10-8-20/h3-6,11,14H,7-10,13H2,1-2H3/b16-11+. The van der Waals surface area contributed by atoms with Crippen LogP contribution in [0.1, 0.15) is 19.4 Å². The second-order valence-corrected chi connectivity index (χ2v) is 5.85. The van der Waals surface area contributed by atoms with Gasteiger partial charge in [0.1, 0.15) is 17.4 Å². The molecule has 5 nitrogen and oxygen atoms in total. The van der Waals surface area contributed by atoms with Crippen LogP contribution in [0.5, 0.6) is 5.75 Å². The van der Waals surface area contributed by atoms with Crippen molar-refractivity contribution in [3.8, 4) is 11.8 Å². The van der Waals surface area contributed by atoms with E-state index in [9.17, 15) is 10.1 Å². The van der Waals surface area contributed by atoms with E-state index in [0.717, 1.165) is 11.3 Å². The molecule has 0 unspecified atom stereocenters. The quantitative estimate of drug-likeness (QED) is 0.619. The lowest BCUT2D eigenvalue weighted by molar-refractivity contribution is -0.130. The van der Waals surface area contributed by atoms with Crippen LogP contribution in [0.15, 0.2) is 29.8 Å². The number of nitriles is 1. The lowest BCUT2D eigenvalue weighted by Gasteiger charge is -2.26. The van der Waals surface area contributed by atoms with Gasteiger partial charge in [-0.3, -0.25) is 4.79 Å². The van der Waals surface area contributed by atoms with Gasteiger partial charge < -0.3 is 14.4 Å². The average molecular weight is 314 g/mol. The van der Waals surface area contributed by atoms with E-state index in [1.54, 1.807) is 11.0 Å². The molecule has 1 amide bonds. The van der Waals surface area contributed by atoms with E-state index >= 15 is 0 Å². The molecule has 1 aromatic carbocycles. The lowest BCUT2D eigenvalue weighted by atomic mass is 10.1. The van der Waals surface area contributed by atoms with Crippen molar-refractivity contribution in [2.75, 3.05) is 32.9 Å². The summed E-state index contributed by atoms with van der Waals surface area (Å²) >= 11 is 0. The molecule has 0 radical (unpaired) electrons. The molecule has 1 heterocycles. The monoisotopic (exact) mass is 314 g/mol. The zero-order chi connectivity index (χ0) is 16.7. The highest BCUT2D eigenvalue weighted by molar-refractivity contribution is 6.01. The fourth-order valence-corrected chi connectivity index (χ4v) is 2.17. The molecule has 0 saturated carbocycles. The molecular formula is C18H22N2O3. The molecule has 1 aliphatic heterocycles. The van der Waals surface area contributed by atoms with Crippen LogP contribution in [0.2, 0.25) is 0 Å². The van der Waals surface area contributed by atoms with Crippen LogP contribution < -0.4 is 4.74 Å². The molecule has 1 fully saturated rings. The summed E-state index contributed by atoms with van der Waals surface area (Å²) in [5.41, 5.74) is 0.947. The summed E-state index contributed by atoms with van der Waals surface area (Å²) < 4.78 is 10.8. The summed E-state index contributed by atoms with van der Waals surface area (Å²) in [5, 5.41) is 9.27. The lowest BCUT2D eigenvalue weighted by Crippen LogP contribution is -2.41. The number of ether oxygens (including phenoxy) is 2. The Hall–Kier alpha value is -2.32. The van der Waals surface area contributed by atoms with Gasteiger partial charge in [-0.05, 0) is 29.7 Å². The van der Waals surface area contributed by atoms with E-state index in [0.29, 0.717) is 38.8 Å². The smallest absolute Gasteiger partial charge is 0.264 e. The summed E-state index contributed by atoms with van der Waals surface area (Å²) in [6, 6.07) is 9.39. The summed E-state index contributed by atoms with van der Waals surface area (Å²) in [5.74, 6) is 1.01. The van der Waals surface area contributed by atoms with Gasteiger partial charge in [-0.25, -0.2) is 0 Å². The molecule has 1 aromatic rings. The predicted molar refractivity (Wildman–Crippen MR) is 87.8 cm³/mol. The summed E-state index contributed by atoms with van der Waals surface area (Å²) in [6.45, 7) is 6.94. The Balaban J connectivity index is 2.05. The average Bonchev–Trinajstić information content (AvgIpc) is 2.59. The molecule has 23 heavy (non-hydrogen) atoms. The molecule has 0 bridgehead atoms. The molecule has 0 N–H and O–H groups in total. The number of nitrogens with zero attached hydrogens (tertiary/aromatic N) is 2. The topological polar surface area (TPSA) is 62.6 Å². The van der Waals surface area contributed by atoms with Crippen LogP contribution in [0, 0.1) is 17.2 Å². The second kappa shape index (κ2) is 8.35. The van der Waals surface area contributed by atoms with Crippen molar-refractivity contribution in [3.05, 3.63) is 35.4 Å². The van der Waals surface area contributed by atoms with Crippen molar-refractivity contribution in [1.82, 2.24) is 4.90 Å². The second-order valence-electron chi connectivity index (χ2n) is 5.85. The number of hydrogen-bond donors (Lipinski definition) is 0. The molecule has 122 valence electrons. The van der Waals surface area contributed by atoms with Gasteiger partial charge >= 0.3 is 0 Å². The zero-order valence-corrected chi connectivity index (χ0v) is 13.6. The summed E-state index contributed by atoms with van der Waals surface area (Å²) in [4.78, 5) is 14.0. The van der Waals surface area contributed by atoms with Crippen LogP contribution in [0.4, 0.5) is 0 Å². The van der Waals surface area contributed by atoms with E-state index < -0.39 is 0 Å². The third kappa shape index (κ3) is 5.11. The molecular weight excluding hydrogens is 292 g/mol. The number of carbonyl (C=O) groups excluding carboxylic acids is 1. The number of carbonyl (C=O) groups is 1. The molecule has 1 aliphatic rings. The van der Waals surface area contributed by atoms with Crippen LogP contribution in [-0.2, 0) is 9.53 Å². The third-order valence-corrected chi connectivity index (χ3v) is 3.42. The van der Waals surface area contributed by atoms with E-state index in [4.69, 9.17) is 9.47 Å². The van der Waals surface area contributed by atoms with Crippen molar-refractivity contribution in [2.24, 2.45) is 5.92 Å². The first kappa shape index (κ1) is 17.0. The van der Waals surface area contributed by atoms with Crippen molar-refractivity contribution in [2.45, 2.75) is 13.8 Å². The van der Waals surface area contributed by atoms with Gasteiger partial charge in [-0.15, -0.1) is 0 Å². The largest absolute Gasteiger partial charge is 0.493 e. The Morgan fingerprint density at radius 1 is 1.35 bits per heavy atom. The minimum Gasteiger partial charge on any atom is -0.493 e. The van der Waals surface area contributed by atoms with Gasteiger partial charge in [0.05, 0.1) is 19.8 Å². The highest BCUT2D eigenvalue weighted by Crippen LogP contribution is 2.16. The highest BCUT2D eigenvalue weighted by Gasteiger charge is 2.20. The van der Waals surface area contributed by atoms with Crippen LogP contribution >= 0.6 is 0 Å². The normalized spacial score (nSPS) is 15.4. The van der Waals surface area contributed by atoms with Crippen molar-refractivity contribution in [3.63, 3.8) is 0 Å². The number of rotatable bonds is 5. The fourth-order valence-electron chi connectivity index (χ4n) is 2.17. The van der Waals surface area contributed by atoms with Gasteiger partial charge in [0, 0.05) is 13.1 Å². The number of amides is 1. The van der Waals surface area contributed by atoms with Crippen LogP contribution in [-0.4, -0.2) is 43.7 Å². The van der Waals surface area contributed by atoms with Crippen molar-refractivity contribution in [1.29, 1.82) is 5.26 Å². The molecule has 0 aliphatic carbocycles. The van der Waals surface area contributed by atoms with Crippen LogP contribution in [0.25, 0.3) is 6.08 Å². The summed E-state index contributed by atoms with van der Waals surface area (Å²) in [6.07, 6.45) is 1.62. The number of hydrogen-bond acceptors (Lipinski definition) is 4. The first-order valence-electron chi connectivity index (χ1n) is 7.82. The van der Waals surface area contributed by atoms with Gasteiger partial charge in [0.25, 0.3) is 5.91 Å². The minimum atomic E-state index is -0.240. The maximum atomic E-state index is 12.3. The van der Waals surface area contributed by atoms with E-state index in [1.807, 2.05) is 30.3 Å². The van der Waals surface area contributed by atoms with Crippen LogP contribution in [0.3, 0.4) is 0 Å². The minimum absolute atomic E-state index is 0.141. The Kier molecular flexibility index (Phi) is 6.19. The number of morpholine rings is 1. The first-order valence-corrected chi connectivity index (χ1v) is 7.82. The Bertz CT molecular complexity index is 594. The van der Waals surface area contributed by atoms with E-state index in [1.165, 1.54) is 0 Å². The summed E-state index contributed by atoms with van der Waals surface area (Å²) in [7, 11) is 0. The third-order valence-electron chi connectivity index (χ3n) is 3.42. The molecule has 0 atom stereocenters. The van der Waals surface area contributed by atoms with Gasteiger partial charge in [0.2, 0.25) is 0 Å². The molecule has 0 spiro atoms. The maximum absolute atomic E-state index is 12.3. The Morgan fingerprint density at radius 3 is 2.57 bits per heavy atom. The van der Waals surface area contributed by atoms with E-state index in [2.05, 4.69) is 13.8 Å². The SMILES string of the molecule is CC(C)COc1ccc(/C=C(\C#N)C(=O)N2CCOCC2)cc1. The fraction of sp³-hybridized carbons (Fsp3) is 0.444. The van der Waals surface area contributed by atoms with Gasteiger partial charge in [-0.2, -0.15) is 5.26 Å². The van der Waals surface area contributed by atoms with Crippen molar-refractivity contribution >= 4 is 12.0 Å². The Labute approximate surface area is 137 Å². The van der Waals surface area contributed by atoms with Gasteiger partial charge in [-0.1, -0.05) is 26.0 Å². The van der Waals surface area contributed by atoms with E-state index in [-0.39, 0.29) is 11.5 Å². The molecule has 5 heteroatoms. The predicted octanol–water partition coefficient (Wildman–Crippen LogP) is 2.49. The zero-order valence-electron chi connectivity index (χ0n) is 13.6. The van der Waals surface area contributed by atoms with Crippen molar-refractivity contribution < 1.29 is 14.3 Å². The number of benzene rings is 1. The molecule has 0 aromatic heterocycles. The highest BCUT2D eigenvalue weighted by atomic mass is 16.5. The molecule has 1 saturated heterocycles. The van der Waals surface area contributed by atoms with Gasteiger partial charge in [0.15, 0.2) is 0 Å².